The number of carbonyl (C=O) groups is 5. The number of esters is 1. The molecule has 10 heteroatoms. The summed E-state index contributed by atoms with van der Waals surface area (Å²) in [5.74, 6) is -3.96. The third kappa shape index (κ3) is 5.87. The minimum absolute atomic E-state index is 0.166. The number of imide groups is 1. The van der Waals surface area contributed by atoms with Crippen LogP contribution < -0.4 is 4.74 Å². The van der Waals surface area contributed by atoms with Gasteiger partial charge in [-0.1, -0.05) is 46.6 Å². The van der Waals surface area contributed by atoms with Crippen LogP contribution in [0.1, 0.15) is 44.4 Å². The van der Waals surface area contributed by atoms with Gasteiger partial charge in [-0.15, -0.1) is 0 Å². The van der Waals surface area contributed by atoms with Crippen LogP contribution in [-0.4, -0.2) is 46.0 Å². The maximum absolute atomic E-state index is 13.6. The summed E-state index contributed by atoms with van der Waals surface area (Å²) in [6.45, 7) is 1.29. The van der Waals surface area contributed by atoms with Crippen LogP contribution >= 0.6 is 27.5 Å². The Balaban J connectivity index is 1.38. The second kappa shape index (κ2) is 11.8. The lowest BCUT2D eigenvalue weighted by Crippen LogP contribution is -2.52. The number of Topliss-reactive ketones (excluding diaryl/α,β-unsaturated/α-hetero) is 1. The SMILES string of the molecule is C[C@@H]1C=CC[C@@H]2C(=O)N(N(CC(=O)c3ccc(OC(=O)c4ccc(Br)cc4)cc3)C(=O)c3ccc(Cl)cc3)C(=O)[C@H]12. The maximum Gasteiger partial charge on any atom is 0.343 e. The van der Waals surface area contributed by atoms with Gasteiger partial charge in [0.15, 0.2) is 5.78 Å². The Kier molecular flexibility index (Phi) is 8.19. The molecule has 0 saturated carbocycles. The van der Waals surface area contributed by atoms with E-state index in [0.717, 1.165) is 14.5 Å². The first-order chi connectivity index (χ1) is 19.6. The van der Waals surface area contributed by atoms with Crippen molar-refractivity contribution in [1.82, 2.24) is 10.0 Å². The number of hydrazine groups is 1. The van der Waals surface area contributed by atoms with Gasteiger partial charge in [0.2, 0.25) is 0 Å². The van der Waals surface area contributed by atoms with Crippen molar-refractivity contribution in [2.45, 2.75) is 13.3 Å². The van der Waals surface area contributed by atoms with Crippen molar-refractivity contribution in [2.24, 2.45) is 17.8 Å². The molecular weight excluding hydrogens is 612 g/mol. The van der Waals surface area contributed by atoms with E-state index in [1.807, 2.05) is 19.1 Å². The molecule has 1 heterocycles. The van der Waals surface area contributed by atoms with Crippen molar-refractivity contribution >= 4 is 57.0 Å². The molecule has 8 nitrogen and oxygen atoms in total. The first-order valence-electron chi connectivity index (χ1n) is 12.9. The number of nitrogens with zero attached hydrogens (tertiary/aromatic N) is 2. The minimum atomic E-state index is -0.684. The molecule has 0 unspecified atom stereocenters. The number of hydrogen-bond donors (Lipinski definition) is 0. The van der Waals surface area contributed by atoms with Crippen molar-refractivity contribution in [3.8, 4) is 5.75 Å². The van der Waals surface area contributed by atoms with E-state index in [1.54, 1.807) is 24.3 Å². The van der Waals surface area contributed by atoms with Crippen molar-refractivity contribution in [2.75, 3.05) is 6.54 Å². The molecule has 0 spiro atoms. The summed E-state index contributed by atoms with van der Waals surface area (Å²) in [5.41, 5.74) is 0.725. The van der Waals surface area contributed by atoms with E-state index in [9.17, 15) is 24.0 Å². The first-order valence-corrected chi connectivity index (χ1v) is 14.0. The van der Waals surface area contributed by atoms with Gasteiger partial charge in [-0.25, -0.2) is 9.80 Å². The van der Waals surface area contributed by atoms with Gasteiger partial charge >= 0.3 is 5.97 Å². The highest BCUT2D eigenvalue weighted by molar-refractivity contribution is 9.10. The highest BCUT2D eigenvalue weighted by Gasteiger charge is 2.53. The zero-order chi connectivity index (χ0) is 29.3. The van der Waals surface area contributed by atoms with Crippen LogP contribution in [0.4, 0.5) is 0 Å². The van der Waals surface area contributed by atoms with E-state index in [-0.39, 0.29) is 22.8 Å². The third-order valence-corrected chi connectivity index (χ3v) is 7.96. The van der Waals surface area contributed by atoms with Gasteiger partial charge in [-0.3, -0.25) is 19.2 Å². The quantitative estimate of drug-likeness (QED) is 0.108. The molecule has 0 N–H and O–H groups in total. The van der Waals surface area contributed by atoms with Crippen LogP contribution in [0.5, 0.6) is 5.75 Å². The van der Waals surface area contributed by atoms with Crippen LogP contribution in [0.3, 0.4) is 0 Å². The Hall–Kier alpha value is -4.08. The standard InChI is InChI=1S/C31H24BrClN2O6/c1-18-3-2-4-25-27(18)30(39)35(29(25)38)34(28(37)20-7-13-23(33)14-8-20)17-26(36)19-9-15-24(16-10-19)41-31(40)21-5-11-22(32)12-6-21/h2-3,5-16,18,25,27H,4,17H2,1H3/t18-,25+,27-/m1/s1. The van der Waals surface area contributed by atoms with Crippen LogP contribution in [0.15, 0.2) is 89.4 Å². The fourth-order valence-electron chi connectivity index (χ4n) is 5.03. The molecule has 5 rings (SSSR count). The lowest BCUT2D eigenvalue weighted by atomic mass is 9.78. The molecule has 3 atom stereocenters. The molecule has 0 aromatic heterocycles. The van der Waals surface area contributed by atoms with Gasteiger partial charge in [0.1, 0.15) is 12.3 Å². The molecule has 0 radical (unpaired) electrons. The van der Waals surface area contributed by atoms with E-state index >= 15 is 0 Å². The summed E-state index contributed by atoms with van der Waals surface area (Å²) in [4.78, 5) is 66.4. The van der Waals surface area contributed by atoms with E-state index in [1.165, 1.54) is 48.5 Å². The summed E-state index contributed by atoms with van der Waals surface area (Å²) in [6, 6.07) is 18.5. The zero-order valence-corrected chi connectivity index (χ0v) is 24.2. The second-order valence-electron chi connectivity index (χ2n) is 9.86. The monoisotopic (exact) mass is 634 g/mol. The molecular formula is C31H24BrClN2O6. The van der Waals surface area contributed by atoms with Crippen molar-refractivity contribution in [3.63, 3.8) is 0 Å². The second-order valence-corrected chi connectivity index (χ2v) is 11.2. The summed E-state index contributed by atoms with van der Waals surface area (Å²) < 4.78 is 6.21. The molecule has 208 valence electrons. The number of allylic oxidation sites excluding steroid dienone is 2. The first kappa shape index (κ1) is 28.4. The van der Waals surface area contributed by atoms with Crippen LogP contribution in [0.25, 0.3) is 0 Å². The molecule has 41 heavy (non-hydrogen) atoms. The maximum atomic E-state index is 13.6. The number of fused-ring (bicyclic) bond motifs is 1. The van der Waals surface area contributed by atoms with Gasteiger partial charge in [-0.05, 0) is 85.1 Å². The van der Waals surface area contributed by atoms with Gasteiger partial charge in [0.25, 0.3) is 17.7 Å². The molecule has 1 saturated heterocycles. The van der Waals surface area contributed by atoms with Gasteiger partial charge < -0.3 is 4.74 Å². The number of rotatable bonds is 7. The molecule has 1 aliphatic carbocycles. The van der Waals surface area contributed by atoms with E-state index in [4.69, 9.17) is 16.3 Å². The van der Waals surface area contributed by atoms with Crippen molar-refractivity contribution in [1.29, 1.82) is 0 Å². The Bertz CT molecular complexity index is 1550. The Labute approximate surface area is 249 Å². The molecule has 3 aromatic carbocycles. The van der Waals surface area contributed by atoms with Gasteiger partial charge in [0.05, 0.1) is 17.4 Å². The topological polar surface area (TPSA) is 101 Å². The van der Waals surface area contributed by atoms with E-state index in [2.05, 4.69) is 15.9 Å². The highest BCUT2D eigenvalue weighted by Crippen LogP contribution is 2.39. The van der Waals surface area contributed by atoms with E-state index in [0.29, 0.717) is 17.0 Å². The number of hydrogen-bond acceptors (Lipinski definition) is 6. The average Bonchev–Trinajstić information content (AvgIpc) is 3.22. The van der Waals surface area contributed by atoms with Crippen molar-refractivity contribution < 1.29 is 28.7 Å². The fourth-order valence-corrected chi connectivity index (χ4v) is 5.42. The summed E-state index contributed by atoms with van der Waals surface area (Å²) >= 11 is 9.29. The number of halogens is 2. The summed E-state index contributed by atoms with van der Waals surface area (Å²) in [7, 11) is 0. The van der Waals surface area contributed by atoms with Gasteiger partial charge in [0, 0.05) is 20.6 Å². The third-order valence-electron chi connectivity index (χ3n) is 7.18. The molecule has 0 bridgehead atoms. The molecule has 2 aliphatic rings. The largest absolute Gasteiger partial charge is 0.423 e. The lowest BCUT2D eigenvalue weighted by Gasteiger charge is -2.30. The number of benzene rings is 3. The van der Waals surface area contributed by atoms with Crippen LogP contribution in [0.2, 0.25) is 5.02 Å². The number of carbonyl (C=O) groups excluding carboxylic acids is 5. The zero-order valence-electron chi connectivity index (χ0n) is 21.8. The van der Waals surface area contributed by atoms with Crippen LogP contribution in [-0.2, 0) is 9.59 Å². The number of ketones is 1. The predicted molar refractivity (Wildman–Crippen MR) is 154 cm³/mol. The number of ether oxygens (including phenoxy) is 1. The normalized spacial score (nSPS) is 19.6. The van der Waals surface area contributed by atoms with Crippen LogP contribution in [0, 0.1) is 17.8 Å². The Morgan fingerprint density at radius 3 is 2.15 bits per heavy atom. The Morgan fingerprint density at radius 2 is 1.51 bits per heavy atom. The lowest BCUT2D eigenvalue weighted by molar-refractivity contribution is -0.154. The predicted octanol–water partition coefficient (Wildman–Crippen LogP) is 5.76. The fraction of sp³-hybridized carbons (Fsp3) is 0.194. The molecule has 3 aromatic rings. The smallest absolute Gasteiger partial charge is 0.343 e. The van der Waals surface area contributed by atoms with Crippen molar-refractivity contribution in [3.05, 3.63) is 111 Å². The van der Waals surface area contributed by atoms with Gasteiger partial charge in [-0.2, -0.15) is 5.01 Å². The summed E-state index contributed by atoms with van der Waals surface area (Å²) in [5, 5.41) is 2.16. The molecule has 1 fully saturated rings. The Morgan fingerprint density at radius 1 is 0.902 bits per heavy atom. The average molecular weight is 636 g/mol. The molecule has 1 aliphatic heterocycles. The number of amides is 3. The minimum Gasteiger partial charge on any atom is -0.423 e. The highest BCUT2D eigenvalue weighted by atomic mass is 79.9. The molecule has 3 amide bonds. The van der Waals surface area contributed by atoms with E-state index < -0.39 is 47.9 Å². The summed E-state index contributed by atoms with van der Waals surface area (Å²) in [6.07, 6.45) is 4.13.